The molecule has 1 N–H and O–H groups in total. The van der Waals surface area contributed by atoms with Crippen molar-refractivity contribution in [3.63, 3.8) is 0 Å². The van der Waals surface area contributed by atoms with E-state index >= 15 is 0 Å². The van der Waals surface area contributed by atoms with Crippen LogP contribution in [0.2, 0.25) is 0 Å². The smallest absolute Gasteiger partial charge is 0.354 e. The molecule has 1 rings (SSSR count). The minimum Gasteiger partial charge on any atom is -0.803 e. The van der Waals surface area contributed by atoms with Crippen LogP contribution in [0.4, 0.5) is 0 Å². The van der Waals surface area contributed by atoms with Gasteiger partial charge in [-0.25, -0.2) is 4.79 Å². The lowest BCUT2D eigenvalue weighted by molar-refractivity contribution is -0.136. The van der Waals surface area contributed by atoms with Crippen molar-refractivity contribution in [2.45, 2.75) is 0 Å². The molecule has 0 aliphatic carbocycles. The highest BCUT2D eigenvalue weighted by Gasteiger charge is 2.09. The summed E-state index contributed by atoms with van der Waals surface area (Å²) < 4.78 is 27.1. The molecule has 0 radical (unpaired) electrons. The van der Waals surface area contributed by atoms with Crippen LogP contribution in [0.1, 0.15) is 4.88 Å². The van der Waals surface area contributed by atoms with Gasteiger partial charge in [0.05, 0.1) is 7.11 Å². The van der Waals surface area contributed by atoms with Crippen molar-refractivity contribution in [1.29, 1.82) is 0 Å². The molecule has 92 valence electrons. The minimum atomic E-state index is -2.67. The zero-order chi connectivity index (χ0) is 12.8. The van der Waals surface area contributed by atoms with Crippen molar-refractivity contribution in [2.24, 2.45) is 0 Å². The number of carbonyl (C=O) groups excluding carboxylic acids is 1. The zero-order valence-electron chi connectivity index (χ0n) is 8.71. The van der Waals surface area contributed by atoms with E-state index in [0.29, 0.717) is 4.88 Å². The number of thiophene rings is 1. The lowest BCUT2D eigenvalue weighted by Crippen LogP contribution is -2.24. The van der Waals surface area contributed by atoms with Crippen LogP contribution in [0.5, 0.6) is 0 Å². The Morgan fingerprint density at radius 2 is 2.41 bits per heavy atom. The first-order valence-electron chi connectivity index (χ1n) is 4.30. The zero-order valence-corrected chi connectivity index (χ0v) is 10.3. The molecule has 0 saturated heterocycles. The summed E-state index contributed by atoms with van der Waals surface area (Å²) >= 11 is -1.43. The maximum atomic E-state index is 11.2. The number of rotatable bonds is 5. The normalized spacial score (nSPS) is 12.9. The van der Waals surface area contributed by atoms with Crippen molar-refractivity contribution in [3.05, 3.63) is 39.6 Å². The molecule has 0 spiro atoms. The molecular formula is C9H8N2O4S2-2. The van der Waals surface area contributed by atoms with E-state index in [4.69, 9.17) is 0 Å². The van der Waals surface area contributed by atoms with Crippen LogP contribution in [0, 0.1) is 0 Å². The van der Waals surface area contributed by atoms with E-state index in [1.54, 1.807) is 17.5 Å². The number of methoxy groups -OCH3 is 1. The number of ether oxygens (including phenoxy) is 1. The molecule has 6 nitrogen and oxygen atoms in total. The van der Waals surface area contributed by atoms with Gasteiger partial charge < -0.3 is 19.4 Å². The quantitative estimate of drug-likeness (QED) is 0.366. The summed E-state index contributed by atoms with van der Waals surface area (Å²) in [5.74, 6) is -0.891. The second kappa shape index (κ2) is 6.28. The second-order valence-corrected chi connectivity index (χ2v) is 4.37. The summed E-state index contributed by atoms with van der Waals surface area (Å²) in [6.07, 6.45) is 0.994. The molecule has 0 aliphatic heterocycles. The molecule has 0 aromatic carbocycles. The predicted octanol–water partition coefficient (Wildman–Crippen LogP) is 0.547. The first kappa shape index (κ1) is 13.6. The molecule has 0 bridgehead atoms. The lowest BCUT2D eigenvalue weighted by atomic mass is 10.2. The molecule has 0 amide bonds. The van der Waals surface area contributed by atoms with E-state index < -0.39 is 17.2 Å². The fourth-order valence-corrected chi connectivity index (χ4v) is 1.92. The third-order valence-electron chi connectivity index (χ3n) is 1.65. The molecule has 17 heavy (non-hydrogen) atoms. The van der Waals surface area contributed by atoms with Crippen LogP contribution in [0.3, 0.4) is 0 Å². The summed E-state index contributed by atoms with van der Waals surface area (Å²) in [6.45, 7) is 0. The van der Waals surface area contributed by atoms with Crippen molar-refractivity contribution in [3.8, 4) is 0 Å². The Morgan fingerprint density at radius 1 is 1.71 bits per heavy atom. The number of hydrogen-bond donors (Lipinski definition) is 1. The van der Waals surface area contributed by atoms with Gasteiger partial charge in [0.1, 0.15) is 5.70 Å². The molecule has 0 saturated carbocycles. The van der Waals surface area contributed by atoms with Gasteiger partial charge in [-0.1, -0.05) is 6.07 Å². The first-order valence-corrected chi connectivity index (χ1v) is 6.25. The third kappa shape index (κ3) is 4.10. The number of allylic oxidation sites excluding steroid dienone is 1. The standard InChI is InChI=1S/C9H9N2O4S2/c1-15-9(12)7(11-17(13)14)5-6(10)8-3-2-4-16-8/h2-5,11H,1H3,(H,13,14)/q-1/p-1/b7-5-. The van der Waals surface area contributed by atoms with E-state index in [2.05, 4.69) is 4.74 Å². The van der Waals surface area contributed by atoms with E-state index in [9.17, 15) is 19.0 Å². The van der Waals surface area contributed by atoms with E-state index in [0.717, 1.165) is 13.2 Å². The van der Waals surface area contributed by atoms with Gasteiger partial charge in [0.25, 0.3) is 0 Å². The Morgan fingerprint density at radius 3 is 2.88 bits per heavy atom. The average Bonchev–Trinajstić information content (AvgIpc) is 2.79. The maximum Gasteiger partial charge on any atom is 0.354 e. The number of nitrogens with one attached hydrogen (secondary N) is 1. The molecular weight excluding hydrogens is 264 g/mol. The minimum absolute atomic E-state index is 0.224. The monoisotopic (exact) mass is 272 g/mol. The Kier molecular flexibility index (Phi) is 5.01. The second-order valence-electron chi connectivity index (χ2n) is 2.75. The van der Waals surface area contributed by atoms with Gasteiger partial charge >= 0.3 is 5.97 Å². The van der Waals surface area contributed by atoms with Crippen LogP contribution in [-0.4, -0.2) is 27.6 Å². The van der Waals surface area contributed by atoms with Gasteiger partial charge in [0, 0.05) is 16.1 Å². The van der Waals surface area contributed by atoms with Gasteiger partial charge in [-0.05, 0) is 17.5 Å². The summed E-state index contributed by atoms with van der Waals surface area (Å²) in [5.41, 5.74) is -0.593. The first-order chi connectivity index (χ1) is 8.04. The highest BCUT2D eigenvalue weighted by atomic mass is 32.2. The Hall–Kier alpha value is -1.51. The molecule has 1 unspecified atom stereocenters. The molecule has 8 heteroatoms. The van der Waals surface area contributed by atoms with E-state index in [1.165, 1.54) is 11.3 Å². The number of esters is 1. The average molecular weight is 272 g/mol. The molecule has 0 aliphatic rings. The fraction of sp³-hybridized carbons (Fsp3) is 0.111. The lowest BCUT2D eigenvalue weighted by Gasteiger charge is -2.13. The third-order valence-corrected chi connectivity index (χ3v) is 2.93. The maximum absolute atomic E-state index is 11.2. The topological polar surface area (TPSA) is 101 Å². The SMILES string of the molecule is COC(=O)/C(=C/C(=[N-])c1cccs1)NS(=O)[O-]. The summed E-state index contributed by atoms with van der Waals surface area (Å²) in [7, 11) is 1.10. The van der Waals surface area contributed by atoms with Crippen LogP contribution >= 0.6 is 11.3 Å². The molecule has 1 aromatic heterocycles. The van der Waals surface area contributed by atoms with Gasteiger partial charge in [0.15, 0.2) is 0 Å². The van der Waals surface area contributed by atoms with E-state index in [-0.39, 0.29) is 11.4 Å². The van der Waals surface area contributed by atoms with Crippen LogP contribution in [0.15, 0.2) is 29.3 Å². The summed E-state index contributed by atoms with van der Waals surface area (Å²) in [6, 6.07) is 3.33. The van der Waals surface area contributed by atoms with Crippen molar-refractivity contribution in [2.75, 3.05) is 7.11 Å². The molecule has 0 fully saturated rings. The predicted molar refractivity (Wildman–Crippen MR) is 63.9 cm³/mol. The number of hydrogen-bond acceptors (Lipinski definition) is 5. The Labute approximate surface area is 104 Å². The van der Waals surface area contributed by atoms with Crippen molar-refractivity contribution < 1.29 is 18.3 Å². The summed E-state index contributed by atoms with van der Waals surface area (Å²) in [5, 5.41) is 11.4. The largest absolute Gasteiger partial charge is 0.803 e. The fourth-order valence-electron chi connectivity index (χ4n) is 0.962. The molecule has 1 heterocycles. The van der Waals surface area contributed by atoms with Gasteiger partial charge in [-0.15, -0.1) is 17.0 Å². The van der Waals surface area contributed by atoms with Crippen LogP contribution in [0.25, 0.3) is 5.41 Å². The summed E-state index contributed by atoms with van der Waals surface area (Å²) in [4.78, 5) is 11.7. The Bertz CT molecular complexity index is 467. The van der Waals surface area contributed by atoms with Gasteiger partial charge in [-0.2, -0.15) is 0 Å². The number of carbonyl (C=O) groups is 1. The van der Waals surface area contributed by atoms with Crippen LogP contribution in [-0.2, 0) is 20.8 Å². The van der Waals surface area contributed by atoms with Crippen molar-refractivity contribution >= 4 is 34.3 Å². The molecule has 1 atom stereocenters. The van der Waals surface area contributed by atoms with Crippen LogP contribution < -0.4 is 4.72 Å². The van der Waals surface area contributed by atoms with E-state index in [1.807, 2.05) is 4.72 Å². The van der Waals surface area contributed by atoms with Gasteiger partial charge in [0.2, 0.25) is 0 Å². The highest BCUT2D eigenvalue weighted by Crippen LogP contribution is 2.11. The number of nitrogens with zero attached hydrogens (tertiary/aromatic N) is 1. The highest BCUT2D eigenvalue weighted by molar-refractivity contribution is 7.77. The Balaban J connectivity index is 2.93. The molecule has 1 aromatic rings. The van der Waals surface area contributed by atoms with Gasteiger partial charge in [-0.3, -0.25) is 4.21 Å². The van der Waals surface area contributed by atoms with Crippen molar-refractivity contribution in [1.82, 2.24) is 4.72 Å².